The van der Waals surface area contributed by atoms with Crippen molar-refractivity contribution in [1.29, 1.82) is 0 Å². The zero-order valence-electron chi connectivity index (χ0n) is 10.9. The molecular formula is C12H22N4O. The van der Waals surface area contributed by atoms with Crippen LogP contribution in [0.4, 0.5) is 0 Å². The van der Waals surface area contributed by atoms with Crippen LogP contribution in [0.5, 0.6) is 0 Å². The molecule has 1 rings (SSSR count). The van der Waals surface area contributed by atoms with Gasteiger partial charge in [0.25, 0.3) is 5.91 Å². The standard InChI is InChI=1S/C12H22N4O/c1-4-15(5-2)8-7-13-12(17)11-9-14-16(6-3)10-11/h9-10H,4-8H2,1-3H3,(H,13,17). The zero-order chi connectivity index (χ0) is 12.7. The Hall–Kier alpha value is -1.36. The number of amides is 1. The Kier molecular flexibility index (Phi) is 5.69. The van der Waals surface area contributed by atoms with Crippen LogP contribution in [0.25, 0.3) is 0 Å². The molecule has 0 unspecified atom stereocenters. The number of carbonyl (C=O) groups is 1. The van der Waals surface area contributed by atoms with Gasteiger partial charge in [0.1, 0.15) is 0 Å². The van der Waals surface area contributed by atoms with E-state index in [1.165, 1.54) is 0 Å². The molecule has 1 aromatic rings. The predicted molar refractivity (Wildman–Crippen MR) is 68.0 cm³/mol. The van der Waals surface area contributed by atoms with Crippen molar-refractivity contribution in [3.63, 3.8) is 0 Å². The van der Waals surface area contributed by atoms with E-state index >= 15 is 0 Å². The lowest BCUT2D eigenvalue weighted by Crippen LogP contribution is -2.34. The Morgan fingerprint density at radius 3 is 2.65 bits per heavy atom. The van der Waals surface area contributed by atoms with Crippen molar-refractivity contribution in [3.05, 3.63) is 18.0 Å². The minimum Gasteiger partial charge on any atom is -0.351 e. The molecule has 1 amide bonds. The summed E-state index contributed by atoms with van der Waals surface area (Å²) in [6, 6.07) is 0. The minimum atomic E-state index is -0.0446. The number of rotatable bonds is 7. The van der Waals surface area contributed by atoms with E-state index in [0.29, 0.717) is 12.1 Å². The summed E-state index contributed by atoms with van der Waals surface area (Å²) in [6.07, 6.45) is 3.38. The van der Waals surface area contributed by atoms with Gasteiger partial charge < -0.3 is 10.2 Å². The number of hydrogen-bond donors (Lipinski definition) is 1. The van der Waals surface area contributed by atoms with Gasteiger partial charge in [0.05, 0.1) is 11.8 Å². The van der Waals surface area contributed by atoms with Crippen LogP contribution < -0.4 is 5.32 Å². The number of aryl methyl sites for hydroxylation is 1. The fourth-order valence-corrected chi connectivity index (χ4v) is 1.62. The van der Waals surface area contributed by atoms with Crippen molar-refractivity contribution in [2.45, 2.75) is 27.3 Å². The van der Waals surface area contributed by atoms with Gasteiger partial charge in [-0.25, -0.2) is 0 Å². The van der Waals surface area contributed by atoms with Crippen molar-refractivity contribution in [2.24, 2.45) is 0 Å². The molecular weight excluding hydrogens is 216 g/mol. The smallest absolute Gasteiger partial charge is 0.254 e. The maximum absolute atomic E-state index is 11.7. The molecule has 0 aliphatic rings. The second-order valence-corrected chi connectivity index (χ2v) is 3.87. The van der Waals surface area contributed by atoms with Crippen LogP contribution in [0.2, 0.25) is 0 Å². The maximum Gasteiger partial charge on any atom is 0.254 e. The van der Waals surface area contributed by atoms with E-state index in [9.17, 15) is 4.79 Å². The van der Waals surface area contributed by atoms with Crippen molar-refractivity contribution in [1.82, 2.24) is 20.0 Å². The van der Waals surface area contributed by atoms with Gasteiger partial charge in [-0.3, -0.25) is 9.48 Å². The summed E-state index contributed by atoms with van der Waals surface area (Å²) < 4.78 is 1.75. The van der Waals surface area contributed by atoms with Gasteiger partial charge in [0.15, 0.2) is 0 Å². The van der Waals surface area contributed by atoms with Gasteiger partial charge in [-0.05, 0) is 20.0 Å². The van der Waals surface area contributed by atoms with Gasteiger partial charge in [0, 0.05) is 25.8 Å². The summed E-state index contributed by atoms with van der Waals surface area (Å²) in [5, 5.41) is 6.98. The molecule has 96 valence electrons. The topological polar surface area (TPSA) is 50.2 Å². The van der Waals surface area contributed by atoms with E-state index in [0.717, 1.165) is 26.2 Å². The number of nitrogens with one attached hydrogen (secondary N) is 1. The quantitative estimate of drug-likeness (QED) is 0.770. The van der Waals surface area contributed by atoms with Gasteiger partial charge in [-0.15, -0.1) is 0 Å². The van der Waals surface area contributed by atoms with E-state index in [1.54, 1.807) is 17.1 Å². The highest BCUT2D eigenvalue weighted by molar-refractivity contribution is 5.93. The molecule has 0 spiro atoms. The average Bonchev–Trinajstić information content (AvgIpc) is 2.83. The Bertz CT molecular complexity index is 344. The fraction of sp³-hybridized carbons (Fsp3) is 0.667. The van der Waals surface area contributed by atoms with Gasteiger partial charge in [-0.2, -0.15) is 5.10 Å². The summed E-state index contributed by atoms with van der Waals surface area (Å²) in [7, 11) is 0. The summed E-state index contributed by atoms with van der Waals surface area (Å²) in [6.45, 7) is 10.6. The van der Waals surface area contributed by atoms with Gasteiger partial charge >= 0.3 is 0 Å². The number of carbonyl (C=O) groups excluding carboxylic acids is 1. The van der Waals surface area contributed by atoms with Crippen LogP contribution in [0, 0.1) is 0 Å². The molecule has 0 aromatic carbocycles. The molecule has 17 heavy (non-hydrogen) atoms. The number of likely N-dealkylation sites (N-methyl/N-ethyl adjacent to an activating group) is 1. The van der Waals surface area contributed by atoms with Crippen LogP contribution in [0.3, 0.4) is 0 Å². The molecule has 0 fully saturated rings. The first-order chi connectivity index (χ1) is 8.21. The molecule has 1 N–H and O–H groups in total. The van der Waals surface area contributed by atoms with Crippen molar-refractivity contribution < 1.29 is 4.79 Å². The first-order valence-corrected chi connectivity index (χ1v) is 6.24. The highest BCUT2D eigenvalue weighted by Crippen LogP contribution is 1.97. The summed E-state index contributed by atoms with van der Waals surface area (Å²) in [5.41, 5.74) is 0.631. The first-order valence-electron chi connectivity index (χ1n) is 6.24. The third kappa shape index (κ3) is 4.19. The monoisotopic (exact) mass is 238 g/mol. The van der Waals surface area contributed by atoms with Crippen molar-refractivity contribution in [2.75, 3.05) is 26.2 Å². The van der Waals surface area contributed by atoms with Crippen molar-refractivity contribution in [3.8, 4) is 0 Å². The summed E-state index contributed by atoms with van der Waals surface area (Å²) in [5.74, 6) is -0.0446. The number of hydrogen-bond acceptors (Lipinski definition) is 3. The fourth-order valence-electron chi connectivity index (χ4n) is 1.62. The number of aromatic nitrogens is 2. The molecule has 0 aliphatic carbocycles. The molecule has 5 heteroatoms. The average molecular weight is 238 g/mol. The third-order valence-corrected chi connectivity index (χ3v) is 2.83. The third-order valence-electron chi connectivity index (χ3n) is 2.83. The first kappa shape index (κ1) is 13.7. The Balaban J connectivity index is 2.34. The van der Waals surface area contributed by atoms with E-state index < -0.39 is 0 Å². The lowest BCUT2D eigenvalue weighted by molar-refractivity contribution is 0.0949. The van der Waals surface area contributed by atoms with Crippen LogP contribution in [0.15, 0.2) is 12.4 Å². The normalized spacial score (nSPS) is 10.8. The van der Waals surface area contributed by atoms with E-state index in [-0.39, 0.29) is 5.91 Å². The van der Waals surface area contributed by atoms with Gasteiger partial charge in [0.2, 0.25) is 0 Å². The molecule has 0 bridgehead atoms. The molecule has 0 atom stereocenters. The predicted octanol–water partition coefficient (Wildman–Crippen LogP) is 0.975. The van der Waals surface area contributed by atoms with Gasteiger partial charge in [-0.1, -0.05) is 13.8 Å². The Labute approximate surface area is 103 Å². The highest BCUT2D eigenvalue weighted by Gasteiger charge is 2.07. The molecule has 0 saturated heterocycles. The molecule has 5 nitrogen and oxygen atoms in total. The molecule has 0 aliphatic heterocycles. The molecule has 0 radical (unpaired) electrons. The Morgan fingerprint density at radius 2 is 2.12 bits per heavy atom. The summed E-state index contributed by atoms with van der Waals surface area (Å²) >= 11 is 0. The zero-order valence-corrected chi connectivity index (χ0v) is 10.9. The lowest BCUT2D eigenvalue weighted by Gasteiger charge is -2.17. The minimum absolute atomic E-state index is 0.0446. The van der Waals surface area contributed by atoms with E-state index in [1.807, 2.05) is 6.92 Å². The number of nitrogens with zero attached hydrogens (tertiary/aromatic N) is 3. The van der Waals surface area contributed by atoms with E-state index in [2.05, 4.69) is 29.2 Å². The lowest BCUT2D eigenvalue weighted by atomic mass is 10.3. The van der Waals surface area contributed by atoms with Crippen LogP contribution in [-0.4, -0.2) is 46.8 Å². The largest absolute Gasteiger partial charge is 0.351 e. The second kappa shape index (κ2) is 7.06. The molecule has 1 heterocycles. The summed E-state index contributed by atoms with van der Waals surface area (Å²) in [4.78, 5) is 14.0. The van der Waals surface area contributed by atoms with E-state index in [4.69, 9.17) is 0 Å². The SMILES string of the molecule is CCN(CC)CCNC(=O)c1cnn(CC)c1. The van der Waals surface area contributed by atoms with Crippen LogP contribution >= 0.6 is 0 Å². The molecule has 0 saturated carbocycles. The van der Waals surface area contributed by atoms with Crippen molar-refractivity contribution >= 4 is 5.91 Å². The van der Waals surface area contributed by atoms with Crippen LogP contribution in [-0.2, 0) is 6.54 Å². The maximum atomic E-state index is 11.7. The highest BCUT2D eigenvalue weighted by atomic mass is 16.1. The Morgan fingerprint density at radius 1 is 1.41 bits per heavy atom. The second-order valence-electron chi connectivity index (χ2n) is 3.87. The molecule has 1 aromatic heterocycles. The van der Waals surface area contributed by atoms with Crippen LogP contribution in [0.1, 0.15) is 31.1 Å².